The summed E-state index contributed by atoms with van der Waals surface area (Å²) in [4.78, 5) is 14.9. The Hall–Kier alpha value is -1.08. The second-order valence-corrected chi connectivity index (χ2v) is 6.98. The first-order valence-electron chi connectivity index (χ1n) is 6.72. The quantitative estimate of drug-likeness (QED) is 0.787. The lowest BCUT2D eigenvalue weighted by atomic mass is 9.58. The van der Waals surface area contributed by atoms with Crippen molar-refractivity contribution in [2.24, 2.45) is 23.2 Å². The predicted molar refractivity (Wildman–Crippen MR) is 66.3 cm³/mol. The summed E-state index contributed by atoms with van der Waals surface area (Å²) in [5.74, 6) is 0.851. The van der Waals surface area contributed by atoms with Gasteiger partial charge in [0.2, 0.25) is 0 Å². The van der Waals surface area contributed by atoms with Gasteiger partial charge in [0.25, 0.3) is 6.57 Å². The number of hydrogen-bond donors (Lipinski definition) is 2. The van der Waals surface area contributed by atoms with Crippen LogP contribution in [0, 0.1) is 29.7 Å². The molecule has 0 saturated heterocycles. The molecule has 0 aromatic heterocycles. The second-order valence-electron chi connectivity index (χ2n) is 6.98. The third-order valence-electron chi connectivity index (χ3n) is 5.58. The van der Waals surface area contributed by atoms with E-state index in [1.165, 1.54) is 0 Å². The van der Waals surface area contributed by atoms with E-state index in [0.29, 0.717) is 24.2 Å². The maximum Gasteiger partial charge on any atom is 0.393 e. The lowest BCUT2D eigenvalue weighted by Crippen LogP contribution is -2.46. The highest BCUT2D eigenvalue weighted by Crippen LogP contribution is 2.64. The molecule has 0 amide bonds. The average molecular weight is 250 g/mol. The Morgan fingerprint density at radius 2 is 2.06 bits per heavy atom. The summed E-state index contributed by atoms with van der Waals surface area (Å²) in [5, 5.41) is 20.0. The van der Waals surface area contributed by atoms with Crippen molar-refractivity contribution in [1.29, 1.82) is 0 Å². The lowest BCUT2D eigenvalue weighted by Gasteiger charge is -2.45. The third kappa shape index (κ3) is 1.50. The van der Waals surface area contributed by atoms with Crippen molar-refractivity contribution in [1.82, 2.24) is 0 Å². The summed E-state index contributed by atoms with van der Waals surface area (Å²) in [5.41, 5.74) is -1.20. The van der Waals surface area contributed by atoms with Gasteiger partial charge in [0, 0.05) is 0 Å². The smallest absolute Gasteiger partial charge is 0.393 e. The number of fused-ring (bicyclic) bond motifs is 1. The van der Waals surface area contributed by atoms with Gasteiger partial charge in [-0.2, -0.15) is 0 Å². The summed E-state index contributed by atoms with van der Waals surface area (Å²) in [6, 6.07) is -0.903. The largest absolute Gasteiger partial charge is 0.475 e. The first kappa shape index (κ1) is 12.0. The van der Waals surface area contributed by atoms with Gasteiger partial charge in [-0.3, -0.25) is 0 Å². The zero-order valence-corrected chi connectivity index (χ0v) is 10.7. The second kappa shape index (κ2) is 3.48. The number of aliphatic hydroxyl groups is 1. The van der Waals surface area contributed by atoms with E-state index in [2.05, 4.69) is 4.85 Å². The molecule has 0 aliphatic heterocycles. The van der Waals surface area contributed by atoms with Crippen LogP contribution in [0.25, 0.3) is 4.85 Å². The molecule has 0 heterocycles. The molecule has 3 fully saturated rings. The highest BCUT2D eigenvalue weighted by atomic mass is 16.4. The Morgan fingerprint density at radius 3 is 2.67 bits per heavy atom. The summed E-state index contributed by atoms with van der Waals surface area (Å²) in [6.45, 7) is 7.23. The van der Waals surface area contributed by atoms with Gasteiger partial charge in [0.05, 0.1) is 11.0 Å². The molecule has 2 N–H and O–H groups in total. The molecule has 18 heavy (non-hydrogen) atoms. The van der Waals surface area contributed by atoms with Crippen molar-refractivity contribution < 1.29 is 15.0 Å². The molecule has 4 nitrogen and oxygen atoms in total. The van der Waals surface area contributed by atoms with Gasteiger partial charge in [-0.25, -0.2) is 4.79 Å². The molecule has 0 aromatic rings. The zero-order chi connectivity index (χ0) is 13.1. The normalized spacial score (nSPS) is 50.8. The molecule has 0 spiro atoms. The van der Waals surface area contributed by atoms with Crippen LogP contribution >= 0.6 is 0 Å². The predicted octanol–water partition coefficient (Wildman–Crippen LogP) is 1.98. The van der Waals surface area contributed by atoms with Crippen molar-refractivity contribution in [3.63, 3.8) is 0 Å². The number of carboxylic acids is 1. The van der Waals surface area contributed by atoms with Gasteiger partial charge in [-0.1, -0.05) is 11.8 Å². The third-order valence-corrected chi connectivity index (χ3v) is 5.58. The Kier molecular flexibility index (Phi) is 2.31. The summed E-state index contributed by atoms with van der Waals surface area (Å²) in [7, 11) is 0. The van der Waals surface area contributed by atoms with Crippen molar-refractivity contribution in [2.45, 2.75) is 50.7 Å². The van der Waals surface area contributed by atoms with E-state index in [1.54, 1.807) is 0 Å². The molecule has 0 radical (unpaired) electrons. The van der Waals surface area contributed by atoms with E-state index in [1.807, 2.05) is 6.92 Å². The minimum Gasteiger partial charge on any atom is -0.475 e. The number of carbonyl (C=O) groups is 1. The van der Waals surface area contributed by atoms with Gasteiger partial charge >= 0.3 is 12.0 Å². The molecule has 2 bridgehead atoms. The summed E-state index contributed by atoms with van der Waals surface area (Å²) < 4.78 is 0. The van der Waals surface area contributed by atoms with Gasteiger partial charge in [-0.05, 0) is 49.9 Å². The van der Waals surface area contributed by atoms with Crippen LogP contribution in [-0.2, 0) is 4.79 Å². The summed E-state index contributed by atoms with van der Waals surface area (Å²) in [6.07, 6.45) is 4.16. The Morgan fingerprint density at radius 1 is 1.39 bits per heavy atom. The van der Waals surface area contributed by atoms with Crippen molar-refractivity contribution in [2.75, 3.05) is 0 Å². The number of rotatable bonds is 2. The highest BCUT2D eigenvalue weighted by Gasteiger charge is 2.63. The van der Waals surface area contributed by atoms with Crippen LogP contribution < -0.4 is 0 Å². The van der Waals surface area contributed by atoms with E-state index in [-0.39, 0.29) is 0 Å². The molecular weight excluding hydrogens is 230 g/mol. The van der Waals surface area contributed by atoms with Gasteiger partial charge in [0.15, 0.2) is 0 Å². The van der Waals surface area contributed by atoms with Crippen LogP contribution in [0.3, 0.4) is 0 Å². The Bertz CT molecular complexity index is 443. The molecule has 3 aliphatic rings. The van der Waals surface area contributed by atoms with Crippen molar-refractivity contribution in [3.05, 3.63) is 4.85 Å². The van der Waals surface area contributed by atoms with Crippen LogP contribution in [-0.4, -0.2) is 27.8 Å². The molecule has 6 atom stereocenters. The van der Waals surface area contributed by atoms with E-state index >= 15 is 0 Å². The molecule has 0 aromatic carbocycles. The monoisotopic (exact) mass is 250 g/mol. The van der Waals surface area contributed by atoms with Gasteiger partial charge < -0.3 is 10.2 Å². The molecule has 3 saturated carbocycles. The molecule has 3 rings (SSSR count). The van der Waals surface area contributed by atoms with E-state index in [0.717, 1.165) is 25.7 Å². The molecule has 4 heteroatoms. The fourth-order valence-corrected chi connectivity index (χ4v) is 5.06. The number of nitrogens with zero attached hydrogens (tertiary/aromatic N) is 1. The van der Waals surface area contributed by atoms with Crippen molar-refractivity contribution >= 4 is 5.97 Å². The number of hydrogen-bond acceptors (Lipinski definition) is 2. The van der Waals surface area contributed by atoms with Crippen LogP contribution in [0.2, 0.25) is 0 Å². The maximum atomic E-state index is 11.3. The minimum atomic E-state index is -0.975. The van der Waals surface area contributed by atoms with Gasteiger partial charge in [-0.15, -0.1) is 0 Å². The van der Waals surface area contributed by atoms with Crippen molar-refractivity contribution in [3.8, 4) is 6.57 Å². The van der Waals surface area contributed by atoms with Crippen LogP contribution in [0.1, 0.15) is 39.0 Å². The SMILES string of the molecule is C#[N+]C(C(=O)O)C1(C)CC2CC3CC(O)(CC32)C1. The number of carboxylic acid groups (broad SMARTS) is 1. The highest BCUT2D eigenvalue weighted by molar-refractivity contribution is 5.76. The summed E-state index contributed by atoms with van der Waals surface area (Å²) >= 11 is 0. The molecule has 98 valence electrons. The van der Waals surface area contributed by atoms with E-state index < -0.39 is 23.0 Å². The fourth-order valence-electron chi connectivity index (χ4n) is 5.06. The van der Waals surface area contributed by atoms with E-state index in [9.17, 15) is 15.0 Å². The Balaban J connectivity index is 1.93. The average Bonchev–Trinajstić information content (AvgIpc) is 2.42. The lowest BCUT2D eigenvalue weighted by molar-refractivity contribution is -0.142. The van der Waals surface area contributed by atoms with Crippen LogP contribution in [0.5, 0.6) is 0 Å². The number of aliphatic carboxylic acids is 1. The van der Waals surface area contributed by atoms with Crippen LogP contribution in [0.15, 0.2) is 0 Å². The molecule has 3 aliphatic carbocycles. The standard InChI is InChI=1S/C14H19NO3/c1-13(11(15-2)12(16)17)4-8-3-9-5-14(18,7-13)6-10(8)9/h2,8-11,18H,3-7H2,1H3/p+1. The zero-order valence-electron chi connectivity index (χ0n) is 10.7. The first-order chi connectivity index (χ1) is 8.37. The topological polar surface area (TPSA) is 61.9 Å². The minimum absolute atomic E-state index is 0.514. The Labute approximate surface area is 107 Å². The first-order valence-corrected chi connectivity index (χ1v) is 6.72. The maximum absolute atomic E-state index is 11.3. The molecule has 6 unspecified atom stereocenters. The van der Waals surface area contributed by atoms with Gasteiger partial charge in [0.1, 0.15) is 0 Å². The fraction of sp³-hybridized carbons (Fsp3) is 0.857. The van der Waals surface area contributed by atoms with E-state index in [4.69, 9.17) is 6.57 Å². The molecular formula is C14H20NO3+. The van der Waals surface area contributed by atoms with Crippen LogP contribution in [0.4, 0.5) is 0 Å².